The highest BCUT2D eigenvalue weighted by atomic mass is 35.5. The highest BCUT2D eigenvalue weighted by Gasteiger charge is 2.17. The summed E-state index contributed by atoms with van der Waals surface area (Å²) in [6, 6.07) is 13.6. The molecule has 2 N–H and O–H groups in total. The minimum atomic E-state index is -3.52. The van der Waals surface area contributed by atoms with Gasteiger partial charge in [-0.05, 0) is 48.9 Å². The molecule has 0 unspecified atom stereocenters. The van der Waals surface area contributed by atoms with Crippen LogP contribution < -0.4 is 5.32 Å². The number of benzene rings is 2. The third kappa shape index (κ3) is 5.05. The number of pyridine rings is 2. The Morgan fingerprint density at radius 1 is 1.14 bits per heavy atom. The molecule has 0 spiro atoms. The number of sulfone groups is 1. The molecule has 5 rings (SSSR count). The number of aromatic nitrogens is 3. The van der Waals surface area contributed by atoms with Crippen LogP contribution in [0, 0.1) is 12.7 Å². The van der Waals surface area contributed by atoms with E-state index in [1.807, 2.05) is 25.1 Å². The van der Waals surface area contributed by atoms with Crippen LogP contribution in [-0.2, 0) is 22.8 Å². The first-order valence-corrected chi connectivity index (χ1v) is 13.6. The standard InChI is InChI=1S/C27H22ClFN4O3S/c1-15-3-4-17-9-16(11-23(26(17)33-15)37(2,35)36)10-20-12-18(7-8-30-20)27(34)32-13-19-5-6-22-24(25(19)29)21(28)14-31-22/h3-9,11-12,14,31H,10,13H2,1-2H3,(H,32,34). The summed E-state index contributed by atoms with van der Waals surface area (Å²) in [5, 5.41) is 4.00. The van der Waals surface area contributed by atoms with E-state index >= 15 is 0 Å². The molecular weight excluding hydrogens is 515 g/mol. The van der Waals surface area contributed by atoms with Gasteiger partial charge in [-0.25, -0.2) is 12.8 Å². The van der Waals surface area contributed by atoms with Crippen LogP contribution in [0.25, 0.3) is 21.8 Å². The van der Waals surface area contributed by atoms with E-state index in [0.29, 0.717) is 39.7 Å². The number of aryl methyl sites for hydroxylation is 1. The first-order valence-electron chi connectivity index (χ1n) is 11.4. The van der Waals surface area contributed by atoms with E-state index < -0.39 is 21.6 Å². The predicted molar refractivity (Wildman–Crippen MR) is 141 cm³/mol. The van der Waals surface area contributed by atoms with Crippen molar-refractivity contribution < 1.29 is 17.6 Å². The van der Waals surface area contributed by atoms with Crippen LogP contribution in [0.5, 0.6) is 0 Å². The Balaban J connectivity index is 1.38. The van der Waals surface area contributed by atoms with Crippen molar-refractivity contribution in [3.05, 3.63) is 99.8 Å². The third-order valence-corrected chi connectivity index (χ3v) is 7.48. The lowest BCUT2D eigenvalue weighted by atomic mass is 10.0. The molecule has 188 valence electrons. The van der Waals surface area contributed by atoms with Gasteiger partial charge in [-0.2, -0.15) is 0 Å². The number of rotatable bonds is 6. The highest BCUT2D eigenvalue weighted by Crippen LogP contribution is 2.28. The van der Waals surface area contributed by atoms with Crippen LogP contribution in [0.4, 0.5) is 4.39 Å². The van der Waals surface area contributed by atoms with Gasteiger partial charge in [0.05, 0.1) is 20.8 Å². The number of H-pyrrole nitrogens is 1. The molecule has 0 bridgehead atoms. The van der Waals surface area contributed by atoms with Gasteiger partial charge in [0, 0.05) is 65.0 Å². The molecule has 0 aliphatic carbocycles. The number of fused-ring (bicyclic) bond motifs is 2. The van der Waals surface area contributed by atoms with Crippen LogP contribution in [0.2, 0.25) is 5.02 Å². The van der Waals surface area contributed by atoms with Crippen LogP contribution in [0.1, 0.15) is 32.9 Å². The van der Waals surface area contributed by atoms with Crippen LogP contribution in [-0.4, -0.2) is 35.5 Å². The van der Waals surface area contributed by atoms with Crippen molar-refractivity contribution in [1.29, 1.82) is 0 Å². The van der Waals surface area contributed by atoms with Crippen LogP contribution in [0.15, 0.2) is 65.8 Å². The van der Waals surface area contributed by atoms with E-state index in [1.54, 1.807) is 30.3 Å². The summed E-state index contributed by atoms with van der Waals surface area (Å²) < 4.78 is 39.8. The molecule has 37 heavy (non-hydrogen) atoms. The number of carbonyl (C=O) groups is 1. The second kappa shape index (κ2) is 9.57. The maximum absolute atomic E-state index is 14.9. The van der Waals surface area contributed by atoms with E-state index in [9.17, 15) is 17.6 Å². The molecule has 3 aromatic heterocycles. The van der Waals surface area contributed by atoms with E-state index in [0.717, 1.165) is 17.5 Å². The second-order valence-electron chi connectivity index (χ2n) is 8.88. The van der Waals surface area contributed by atoms with E-state index in [1.165, 1.54) is 12.4 Å². The Bertz CT molecular complexity index is 1800. The van der Waals surface area contributed by atoms with Gasteiger partial charge >= 0.3 is 0 Å². The van der Waals surface area contributed by atoms with Crippen molar-refractivity contribution in [1.82, 2.24) is 20.3 Å². The van der Waals surface area contributed by atoms with E-state index in [2.05, 4.69) is 20.3 Å². The number of hydrogen-bond donors (Lipinski definition) is 2. The quantitative estimate of drug-likeness (QED) is 0.313. The Labute approximate surface area is 217 Å². The van der Waals surface area contributed by atoms with Gasteiger partial charge in [-0.3, -0.25) is 14.8 Å². The maximum Gasteiger partial charge on any atom is 0.251 e. The van der Waals surface area contributed by atoms with Gasteiger partial charge in [-0.1, -0.05) is 23.7 Å². The summed E-state index contributed by atoms with van der Waals surface area (Å²) in [7, 11) is -3.52. The lowest BCUT2D eigenvalue weighted by Crippen LogP contribution is -2.23. The first-order chi connectivity index (χ1) is 17.6. The Hall–Kier alpha value is -3.82. The van der Waals surface area contributed by atoms with Gasteiger partial charge < -0.3 is 10.3 Å². The Morgan fingerprint density at radius 2 is 1.95 bits per heavy atom. The van der Waals surface area contributed by atoms with E-state index in [-0.39, 0.29) is 21.8 Å². The van der Waals surface area contributed by atoms with Crippen molar-refractivity contribution in [3.63, 3.8) is 0 Å². The van der Waals surface area contributed by atoms with Gasteiger partial charge in [-0.15, -0.1) is 0 Å². The fraction of sp³-hybridized carbons (Fsp3) is 0.148. The monoisotopic (exact) mass is 536 g/mol. The van der Waals surface area contributed by atoms with Gasteiger partial charge in [0.1, 0.15) is 5.82 Å². The lowest BCUT2D eigenvalue weighted by Gasteiger charge is -2.10. The average Bonchev–Trinajstić information content (AvgIpc) is 3.24. The maximum atomic E-state index is 14.9. The average molecular weight is 537 g/mol. The zero-order valence-electron chi connectivity index (χ0n) is 20.0. The van der Waals surface area contributed by atoms with Crippen molar-refractivity contribution in [3.8, 4) is 0 Å². The molecule has 2 aromatic carbocycles. The molecule has 0 radical (unpaired) electrons. The minimum absolute atomic E-state index is 0.0193. The SMILES string of the molecule is Cc1ccc2cc(Cc3cc(C(=O)NCc4ccc5[nH]cc(Cl)c5c4F)ccn3)cc(S(C)(=O)=O)c2n1. The highest BCUT2D eigenvalue weighted by molar-refractivity contribution is 7.91. The van der Waals surface area contributed by atoms with Gasteiger partial charge in [0.15, 0.2) is 9.84 Å². The topological polar surface area (TPSA) is 105 Å². The molecule has 0 aliphatic heterocycles. The Morgan fingerprint density at radius 3 is 2.73 bits per heavy atom. The number of aromatic amines is 1. The summed E-state index contributed by atoms with van der Waals surface area (Å²) in [5.41, 5.74) is 3.70. The number of hydrogen-bond acceptors (Lipinski definition) is 5. The first kappa shape index (κ1) is 24.9. The summed E-state index contributed by atoms with van der Waals surface area (Å²) in [6.07, 6.45) is 4.50. The smallest absolute Gasteiger partial charge is 0.251 e. The minimum Gasteiger partial charge on any atom is -0.360 e. The molecule has 0 saturated heterocycles. The van der Waals surface area contributed by atoms with Crippen molar-refractivity contribution in [2.45, 2.75) is 24.8 Å². The molecular formula is C27H22ClFN4O3S. The Kier molecular flexibility index (Phi) is 6.43. The zero-order valence-corrected chi connectivity index (χ0v) is 21.5. The third-order valence-electron chi connectivity index (χ3n) is 6.07. The molecule has 0 aliphatic rings. The number of nitrogens with zero attached hydrogens (tertiary/aromatic N) is 2. The fourth-order valence-corrected chi connectivity index (χ4v) is 5.39. The molecule has 0 atom stereocenters. The number of halogens is 2. The van der Waals surface area contributed by atoms with E-state index in [4.69, 9.17) is 11.6 Å². The molecule has 0 fully saturated rings. The second-order valence-corrected chi connectivity index (χ2v) is 11.3. The van der Waals surface area contributed by atoms with Crippen molar-refractivity contribution in [2.24, 2.45) is 0 Å². The zero-order chi connectivity index (χ0) is 26.3. The molecule has 10 heteroatoms. The van der Waals surface area contributed by atoms with Gasteiger partial charge in [0.2, 0.25) is 0 Å². The van der Waals surface area contributed by atoms with Gasteiger partial charge in [0.25, 0.3) is 5.91 Å². The number of amides is 1. The summed E-state index contributed by atoms with van der Waals surface area (Å²) in [5.74, 6) is -0.875. The summed E-state index contributed by atoms with van der Waals surface area (Å²) >= 11 is 6.06. The number of nitrogens with one attached hydrogen (secondary N) is 2. The van der Waals surface area contributed by atoms with Crippen LogP contribution >= 0.6 is 11.6 Å². The summed E-state index contributed by atoms with van der Waals surface area (Å²) in [4.78, 5) is 24.6. The largest absolute Gasteiger partial charge is 0.360 e. The summed E-state index contributed by atoms with van der Waals surface area (Å²) in [6.45, 7) is 1.79. The molecule has 7 nitrogen and oxygen atoms in total. The molecule has 0 saturated carbocycles. The lowest BCUT2D eigenvalue weighted by molar-refractivity contribution is 0.0950. The van der Waals surface area contributed by atoms with Crippen LogP contribution in [0.3, 0.4) is 0 Å². The normalized spacial score (nSPS) is 11.8. The number of carbonyl (C=O) groups excluding carboxylic acids is 1. The molecule has 3 heterocycles. The predicted octanol–water partition coefficient (Wildman–Crippen LogP) is 5.14. The fourth-order valence-electron chi connectivity index (χ4n) is 4.27. The molecule has 5 aromatic rings. The van der Waals surface area contributed by atoms with Crippen molar-refractivity contribution in [2.75, 3.05) is 6.26 Å². The van der Waals surface area contributed by atoms with Crippen molar-refractivity contribution >= 4 is 49.2 Å². The molecule has 1 amide bonds.